The van der Waals surface area contributed by atoms with Gasteiger partial charge in [-0.15, -0.1) is 11.8 Å². The molecular formula is C21H28N4O2S2. The molecule has 29 heavy (non-hydrogen) atoms. The summed E-state index contributed by atoms with van der Waals surface area (Å²) in [7, 11) is -1.53. The van der Waals surface area contributed by atoms with E-state index in [0.29, 0.717) is 18.2 Å². The van der Waals surface area contributed by atoms with E-state index in [2.05, 4.69) is 44.2 Å². The third kappa shape index (κ3) is 6.68. The number of thioether (sulfide) groups is 1. The lowest BCUT2D eigenvalue weighted by Crippen LogP contribution is -2.39. The fraction of sp³-hybridized carbons (Fsp3) is 0.381. The van der Waals surface area contributed by atoms with Gasteiger partial charge in [0.2, 0.25) is 10.0 Å². The lowest BCUT2D eigenvalue weighted by atomic mass is 10.2. The molecule has 8 heteroatoms. The number of benzene rings is 2. The first-order chi connectivity index (χ1) is 13.9. The Hall–Kier alpha value is -2.19. The van der Waals surface area contributed by atoms with Gasteiger partial charge in [-0.2, -0.15) is 0 Å². The molecule has 1 unspecified atom stereocenters. The standard InChI is InChI=1S/C21H28N4O2S2/c1-22-21(23-14-18-8-6-7-11-20(18)24-29(2,26)27)25-13-12-17(15-25)16-28-19-9-4-3-5-10-19/h3-11,17,24H,12-16H2,1-2H3,(H,22,23). The van der Waals surface area contributed by atoms with Crippen molar-refractivity contribution < 1.29 is 8.42 Å². The Labute approximate surface area is 177 Å². The number of anilines is 1. The fourth-order valence-corrected chi connectivity index (χ4v) is 5.02. The minimum atomic E-state index is -3.32. The van der Waals surface area contributed by atoms with E-state index in [-0.39, 0.29) is 0 Å². The van der Waals surface area contributed by atoms with Gasteiger partial charge < -0.3 is 10.2 Å². The van der Waals surface area contributed by atoms with Crippen molar-refractivity contribution in [1.82, 2.24) is 10.2 Å². The van der Waals surface area contributed by atoms with Gasteiger partial charge in [-0.1, -0.05) is 36.4 Å². The molecule has 156 valence electrons. The van der Waals surface area contributed by atoms with Crippen LogP contribution >= 0.6 is 11.8 Å². The maximum Gasteiger partial charge on any atom is 0.229 e. The molecule has 3 rings (SSSR count). The molecule has 1 heterocycles. The molecule has 0 aromatic heterocycles. The van der Waals surface area contributed by atoms with Gasteiger partial charge in [0.15, 0.2) is 5.96 Å². The zero-order valence-electron chi connectivity index (χ0n) is 16.8. The van der Waals surface area contributed by atoms with Crippen LogP contribution in [-0.2, 0) is 16.6 Å². The zero-order valence-corrected chi connectivity index (χ0v) is 18.5. The summed E-state index contributed by atoms with van der Waals surface area (Å²) in [6, 6.07) is 17.9. The smallest absolute Gasteiger partial charge is 0.229 e. The highest BCUT2D eigenvalue weighted by atomic mass is 32.2. The Morgan fingerprint density at radius 1 is 1.17 bits per heavy atom. The first kappa shape index (κ1) is 21.5. The minimum Gasteiger partial charge on any atom is -0.352 e. The van der Waals surface area contributed by atoms with Crippen molar-refractivity contribution >= 4 is 33.4 Å². The number of likely N-dealkylation sites (tertiary alicyclic amines) is 1. The molecule has 2 N–H and O–H groups in total. The van der Waals surface area contributed by atoms with Crippen LogP contribution in [0.1, 0.15) is 12.0 Å². The Bertz CT molecular complexity index is 933. The zero-order chi connectivity index (χ0) is 20.7. The van der Waals surface area contributed by atoms with Crippen LogP contribution in [0.15, 0.2) is 64.5 Å². The molecular weight excluding hydrogens is 404 g/mol. The van der Waals surface area contributed by atoms with Crippen LogP contribution in [0.4, 0.5) is 5.69 Å². The first-order valence-electron chi connectivity index (χ1n) is 9.64. The average Bonchev–Trinajstić information content (AvgIpc) is 3.17. The highest BCUT2D eigenvalue weighted by molar-refractivity contribution is 7.99. The Morgan fingerprint density at radius 3 is 2.62 bits per heavy atom. The third-order valence-corrected chi connectivity index (χ3v) is 6.61. The second-order valence-electron chi connectivity index (χ2n) is 7.16. The predicted molar refractivity (Wildman–Crippen MR) is 122 cm³/mol. The van der Waals surface area contributed by atoms with Crippen molar-refractivity contribution in [3.8, 4) is 0 Å². The van der Waals surface area contributed by atoms with Gasteiger partial charge in [0.1, 0.15) is 0 Å². The summed E-state index contributed by atoms with van der Waals surface area (Å²) in [5, 5.41) is 3.38. The van der Waals surface area contributed by atoms with E-state index in [1.54, 1.807) is 13.1 Å². The van der Waals surface area contributed by atoms with Crippen LogP contribution in [-0.4, -0.2) is 51.4 Å². The molecule has 0 saturated carbocycles. The third-order valence-electron chi connectivity index (χ3n) is 4.78. The van der Waals surface area contributed by atoms with Crippen LogP contribution in [0, 0.1) is 5.92 Å². The van der Waals surface area contributed by atoms with Crippen LogP contribution in [0.25, 0.3) is 0 Å². The van der Waals surface area contributed by atoms with Crippen LogP contribution in [0.2, 0.25) is 0 Å². The summed E-state index contributed by atoms with van der Waals surface area (Å²) in [5.41, 5.74) is 1.48. The topological polar surface area (TPSA) is 73.8 Å². The predicted octanol–water partition coefficient (Wildman–Crippen LogP) is 3.25. The molecule has 0 bridgehead atoms. The van der Waals surface area contributed by atoms with Crippen molar-refractivity contribution in [1.29, 1.82) is 0 Å². The van der Waals surface area contributed by atoms with Crippen molar-refractivity contribution in [2.75, 3.05) is 36.9 Å². The number of hydrogen-bond donors (Lipinski definition) is 2. The summed E-state index contributed by atoms with van der Waals surface area (Å²) in [4.78, 5) is 8.02. The van der Waals surface area contributed by atoms with Gasteiger partial charge >= 0.3 is 0 Å². The molecule has 1 aliphatic rings. The number of nitrogens with one attached hydrogen (secondary N) is 2. The highest BCUT2D eigenvalue weighted by Gasteiger charge is 2.25. The Morgan fingerprint density at radius 2 is 1.90 bits per heavy atom. The molecule has 2 aromatic carbocycles. The number of rotatable bonds is 7. The number of aliphatic imine (C=N–C) groups is 1. The molecule has 1 fully saturated rings. The number of sulfonamides is 1. The Balaban J connectivity index is 1.54. The largest absolute Gasteiger partial charge is 0.352 e. The van der Waals surface area contributed by atoms with Crippen molar-refractivity contribution in [3.63, 3.8) is 0 Å². The van der Waals surface area contributed by atoms with Gasteiger partial charge in [0, 0.05) is 37.3 Å². The lowest BCUT2D eigenvalue weighted by Gasteiger charge is -2.22. The number of hydrogen-bond acceptors (Lipinski definition) is 4. The quantitative estimate of drug-likeness (QED) is 0.399. The lowest BCUT2D eigenvalue weighted by molar-refractivity contribution is 0.474. The van der Waals surface area contributed by atoms with Crippen molar-refractivity contribution in [2.24, 2.45) is 10.9 Å². The fourth-order valence-electron chi connectivity index (χ4n) is 3.37. The minimum absolute atomic E-state index is 0.505. The molecule has 0 radical (unpaired) electrons. The molecule has 0 amide bonds. The van der Waals surface area contributed by atoms with Crippen LogP contribution in [0.5, 0.6) is 0 Å². The summed E-state index contributed by atoms with van der Waals surface area (Å²) in [5.74, 6) is 2.57. The second-order valence-corrected chi connectivity index (χ2v) is 10.00. The van der Waals surface area contributed by atoms with Gasteiger partial charge in [-0.05, 0) is 36.1 Å². The maximum atomic E-state index is 11.6. The number of guanidine groups is 1. The van der Waals surface area contributed by atoms with Gasteiger partial charge in [-0.25, -0.2) is 8.42 Å². The number of nitrogens with zero attached hydrogens (tertiary/aromatic N) is 2. The highest BCUT2D eigenvalue weighted by Crippen LogP contribution is 2.26. The van der Waals surface area contributed by atoms with E-state index in [1.807, 2.05) is 36.0 Å². The van der Waals surface area contributed by atoms with Gasteiger partial charge in [-0.3, -0.25) is 9.71 Å². The van der Waals surface area contributed by atoms with E-state index in [1.165, 1.54) is 4.90 Å². The Kier molecular flexibility index (Phi) is 7.44. The second kappa shape index (κ2) is 10.0. The van der Waals surface area contributed by atoms with Crippen LogP contribution in [0.3, 0.4) is 0 Å². The SMILES string of the molecule is CN=C(NCc1ccccc1NS(C)(=O)=O)N1CCC(CSc2ccccc2)C1. The van der Waals surface area contributed by atoms with E-state index >= 15 is 0 Å². The summed E-state index contributed by atoms with van der Waals surface area (Å²) >= 11 is 1.90. The molecule has 1 aliphatic heterocycles. The molecule has 1 saturated heterocycles. The first-order valence-corrected chi connectivity index (χ1v) is 12.5. The average molecular weight is 433 g/mol. The van der Waals surface area contributed by atoms with Gasteiger partial charge in [0.25, 0.3) is 0 Å². The summed E-state index contributed by atoms with van der Waals surface area (Å²) in [6.45, 7) is 2.46. The van der Waals surface area contributed by atoms with E-state index in [4.69, 9.17) is 0 Å². The van der Waals surface area contributed by atoms with Crippen molar-refractivity contribution in [2.45, 2.75) is 17.9 Å². The summed E-state index contributed by atoms with van der Waals surface area (Å²) < 4.78 is 25.8. The molecule has 2 aromatic rings. The van der Waals surface area contributed by atoms with E-state index in [0.717, 1.165) is 43.0 Å². The molecule has 0 aliphatic carbocycles. The summed E-state index contributed by atoms with van der Waals surface area (Å²) in [6.07, 6.45) is 2.31. The monoisotopic (exact) mass is 432 g/mol. The maximum absolute atomic E-state index is 11.6. The van der Waals surface area contributed by atoms with Gasteiger partial charge in [0.05, 0.1) is 11.9 Å². The van der Waals surface area contributed by atoms with Crippen molar-refractivity contribution in [3.05, 3.63) is 60.2 Å². The molecule has 0 spiro atoms. The molecule has 6 nitrogen and oxygen atoms in total. The van der Waals surface area contributed by atoms with E-state index < -0.39 is 10.0 Å². The van der Waals surface area contributed by atoms with Crippen LogP contribution < -0.4 is 10.0 Å². The number of para-hydroxylation sites is 1. The normalized spacial score (nSPS) is 17.4. The molecule has 1 atom stereocenters. The van der Waals surface area contributed by atoms with E-state index in [9.17, 15) is 8.42 Å².